The molecule has 0 radical (unpaired) electrons. The Kier molecular flexibility index (Phi) is 3.38. The number of rotatable bonds is 2. The van der Waals surface area contributed by atoms with Crippen molar-refractivity contribution >= 4 is 28.5 Å². The van der Waals surface area contributed by atoms with Gasteiger partial charge in [-0.15, -0.1) is 0 Å². The number of aromatic nitrogens is 4. The van der Waals surface area contributed by atoms with E-state index in [-0.39, 0.29) is 23.1 Å². The molecule has 0 saturated carbocycles. The van der Waals surface area contributed by atoms with Crippen LogP contribution in [0.4, 0.5) is 19.0 Å². The van der Waals surface area contributed by atoms with E-state index in [1.807, 2.05) is 4.90 Å². The Bertz CT molecular complexity index is 737. The van der Waals surface area contributed by atoms with E-state index in [0.717, 1.165) is 17.5 Å². The zero-order valence-electron chi connectivity index (χ0n) is 11.9. The Labute approximate surface area is 134 Å². The SMILES string of the molecule is FC(F)(F)Cn1ncc2c(N3C[C@H]4CC[C@@H](C3)O4)nc(Cl)nc21. The molecule has 0 unspecified atom stereocenters. The van der Waals surface area contributed by atoms with Crippen LogP contribution in [0.25, 0.3) is 11.0 Å². The predicted molar refractivity (Wildman–Crippen MR) is 76.5 cm³/mol. The maximum absolute atomic E-state index is 12.6. The van der Waals surface area contributed by atoms with Gasteiger partial charge in [0, 0.05) is 13.1 Å². The van der Waals surface area contributed by atoms with E-state index < -0.39 is 12.7 Å². The van der Waals surface area contributed by atoms with E-state index in [9.17, 15) is 13.2 Å². The highest BCUT2D eigenvalue weighted by molar-refractivity contribution is 6.28. The standard InChI is InChI=1S/C13H13ClF3N5O/c14-12-19-10(21-4-7-1-2-8(5-21)23-7)9-3-18-22(11(9)20-12)6-13(15,16)17/h3,7-8H,1-2,4-6H2/t7-,8+. The highest BCUT2D eigenvalue weighted by Crippen LogP contribution is 2.33. The zero-order chi connectivity index (χ0) is 16.2. The molecule has 2 aliphatic heterocycles. The molecule has 0 aromatic carbocycles. The monoisotopic (exact) mass is 347 g/mol. The number of ether oxygens (including phenoxy) is 1. The second-order valence-corrected chi connectivity index (χ2v) is 6.17. The van der Waals surface area contributed by atoms with Gasteiger partial charge in [-0.05, 0) is 24.4 Å². The molecule has 2 saturated heterocycles. The lowest BCUT2D eigenvalue weighted by atomic mass is 10.2. The lowest BCUT2D eigenvalue weighted by Gasteiger charge is -2.33. The molecule has 2 bridgehead atoms. The van der Waals surface area contributed by atoms with Gasteiger partial charge in [0.15, 0.2) is 5.65 Å². The molecule has 124 valence electrons. The summed E-state index contributed by atoms with van der Waals surface area (Å²) < 4.78 is 44.5. The molecular weight excluding hydrogens is 335 g/mol. The smallest absolute Gasteiger partial charge is 0.371 e. The minimum Gasteiger partial charge on any atom is -0.371 e. The lowest BCUT2D eigenvalue weighted by Crippen LogP contribution is -2.43. The summed E-state index contributed by atoms with van der Waals surface area (Å²) in [4.78, 5) is 10.1. The number of morpholine rings is 1. The van der Waals surface area contributed by atoms with Gasteiger partial charge in [-0.1, -0.05) is 0 Å². The van der Waals surface area contributed by atoms with Crippen molar-refractivity contribution in [2.45, 2.75) is 37.8 Å². The second-order valence-electron chi connectivity index (χ2n) is 5.83. The minimum atomic E-state index is -4.38. The highest BCUT2D eigenvalue weighted by Gasteiger charge is 2.36. The zero-order valence-corrected chi connectivity index (χ0v) is 12.7. The first-order chi connectivity index (χ1) is 10.9. The molecule has 0 spiro atoms. The normalized spacial score (nSPS) is 24.6. The maximum Gasteiger partial charge on any atom is 0.408 e. The fourth-order valence-electron chi connectivity index (χ4n) is 3.23. The molecule has 0 aliphatic carbocycles. The average molecular weight is 348 g/mol. The largest absolute Gasteiger partial charge is 0.408 e. The van der Waals surface area contributed by atoms with E-state index in [2.05, 4.69) is 15.1 Å². The maximum atomic E-state index is 12.6. The van der Waals surface area contributed by atoms with Gasteiger partial charge >= 0.3 is 6.18 Å². The molecule has 2 fully saturated rings. The molecule has 2 atom stereocenters. The molecule has 4 heterocycles. The summed E-state index contributed by atoms with van der Waals surface area (Å²) in [6.45, 7) is 0.0738. The van der Waals surface area contributed by atoms with Gasteiger partial charge in [0.25, 0.3) is 0 Å². The molecule has 2 aliphatic rings. The van der Waals surface area contributed by atoms with Crippen LogP contribution in [0.3, 0.4) is 0 Å². The molecule has 2 aromatic rings. The number of fused-ring (bicyclic) bond motifs is 3. The van der Waals surface area contributed by atoms with Gasteiger partial charge in [0.2, 0.25) is 5.28 Å². The highest BCUT2D eigenvalue weighted by atomic mass is 35.5. The van der Waals surface area contributed by atoms with Gasteiger partial charge in [0.05, 0.1) is 23.8 Å². The van der Waals surface area contributed by atoms with E-state index in [0.29, 0.717) is 24.3 Å². The van der Waals surface area contributed by atoms with Crippen LogP contribution in [0.5, 0.6) is 0 Å². The van der Waals surface area contributed by atoms with Crippen LogP contribution in [0.15, 0.2) is 6.20 Å². The topological polar surface area (TPSA) is 56.1 Å². The Morgan fingerprint density at radius 1 is 1.22 bits per heavy atom. The molecular formula is C13H13ClF3N5O. The summed E-state index contributed by atoms with van der Waals surface area (Å²) in [5.74, 6) is 0.522. The van der Waals surface area contributed by atoms with Crippen LogP contribution in [0.1, 0.15) is 12.8 Å². The first kappa shape index (κ1) is 14.9. The van der Waals surface area contributed by atoms with Crippen LogP contribution in [-0.2, 0) is 11.3 Å². The number of hydrogen-bond acceptors (Lipinski definition) is 5. The third-order valence-electron chi connectivity index (χ3n) is 4.12. The number of anilines is 1. The molecule has 10 heteroatoms. The molecule has 6 nitrogen and oxygen atoms in total. The number of alkyl halides is 3. The first-order valence-corrected chi connectivity index (χ1v) is 7.63. The van der Waals surface area contributed by atoms with Gasteiger partial charge in [-0.25, -0.2) is 4.68 Å². The van der Waals surface area contributed by atoms with Crippen LogP contribution >= 0.6 is 11.6 Å². The van der Waals surface area contributed by atoms with Gasteiger partial charge in [0.1, 0.15) is 12.4 Å². The number of nitrogens with zero attached hydrogens (tertiary/aromatic N) is 5. The van der Waals surface area contributed by atoms with Crippen molar-refractivity contribution in [2.75, 3.05) is 18.0 Å². The third kappa shape index (κ3) is 2.83. The fourth-order valence-corrected chi connectivity index (χ4v) is 3.39. The number of halogens is 4. The number of hydrogen-bond donors (Lipinski definition) is 0. The van der Waals surface area contributed by atoms with Crippen LogP contribution in [-0.4, -0.2) is 51.2 Å². The first-order valence-electron chi connectivity index (χ1n) is 7.25. The van der Waals surface area contributed by atoms with E-state index in [1.165, 1.54) is 6.20 Å². The summed E-state index contributed by atoms with van der Waals surface area (Å²) >= 11 is 5.93. The van der Waals surface area contributed by atoms with Crippen LogP contribution < -0.4 is 4.90 Å². The second kappa shape index (κ2) is 5.20. The summed E-state index contributed by atoms with van der Waals surface area (Å²) in [5.41, 5.74) is 0.0937. The molecule has 23 heavy (non-hydrogen) atoms. The van der Waals surface area contributed by atoms with Crippen molar-refractivity contribution in [3.8, 4) is 0 Å². The third-order valence-corrected chi connectivity index (χ3v) is 4.29. The lowest BCUT2D eigenvalue weighted by molar-refractivity contribution is -0.141. The van der Waals surface area contributed by atoms with E-state index in [4.69, 9.17) is 16.3 Å². The summed E-state index contributed by atoms with van der Waals surface area (Å²) in [7, 11) is 0. The minimum absolute atomic E-state index is 0.0877. The fraction of sp³-hybridized carbons (Fsp3) is 0.615. The summed E-state index contributed by atoms with van der Waals surface area (Å²) in [6.07, 6.45) is -0.795. The van der Waals surface area contributed by atoms with Crippen molar-refractivity contribution < 1.29 is 17.9 Å². The summed E-state index contributed by atoms with van der Waals surface area (Å²) in [5, 5.41) is 4.19. The van der Waals surface area contributed by atoms with Crippen molar-refractivity contribution in [2.24, 2.45) is 0 Å². The van der Waals surface area contributed by atoms with Crippen molar-refractivity contribution in [1.82, 2.24) is 19.7 Å². The molecule has 4 rings (SSSR count). The average Bonchev–Trinajstić information content (AvgIpc) is 3.00. The van der Waals surface area contributed by atoms with Crippen LogP contribution in [0, 0.1) is 0 Å². The van der Waals surface area contributed by atoms with Gasteiger partial charge in [-0.2, -0.15) is 28.2 Å². The van der Waals surface area contributed by atoms with Crippen molar-refractivity contribution in [3.05, 3.63) is 11.5 Å². The Morgan fingerprint density at radius 2 is 1.91 bits per heavy atom. The Morgan fingerprint density at radius 3 is 2.57 bits per heavy atom. The molecule has 0 N–H and O–H groups in total. The van der Waals surface area contributed by atoms with E-state index in [1.54, 1.807) is 0 Å². The Balaban J connectivity index is 1.75. The van der Waals surface area contributed by atoms with Gasteiger partial charge in [-0.3, -0.25) is 0 Å². The van der Waals surface area contributed by atoms with Crippen LogP contribution in [0.2, 0.25) is 5.28 Å². The quantitative estimate of drug-likeness (QED) is 0.781. The molecule has 0 amide bonds. The molecule has 2 aromatic heterocycles. The van der Waals surface area contributed by atoms with Crippen molar-refractivity contribution in [3.63, 3.8) is 0 Å². The van der Waals surface area contributed by atoms with Gasteiger partial charge < -0.3 is 9.64 Å². The van der Waals surface area contributed by atoms with Crippen molar-refractivity contribution in [1.29, 1.82) is 0 Å². The predicted octanol–water partition coefficient (Wildman–Crippen LogP) is 2.41. The van der Waals surface area contributed by atoms with E-state index >= 15 is 0 Å². The Hall–Kier alpha value is -1.61. The summed E-state index contributed by atoms with van der Waals surface area (Å²) in [6, 6.07) is 0.